The molecule has 0 atom stereocenters. The number of aryl methyl sites for hydroxylation is 2. The molecule has 5 nitrogen and oxygen atoms in total. The molecule has 6 heteroatoms. The van der Waals surface area contributed by atoms with E-state index in [4.69, 9.17) is 24.0 Å². The third-order valence-electron chi connectivity index (χ3n) is 4.26. The molecular weight excluding hydrogens is 375 g/mol. The molecule has 0 aliphatic heterocycles. The van der Waals surface area contributed by atoms with Crippen molar-refractivity contribution in [2.45, 2.75) is 65.2 Å². The van der Waals surface area contributed by atoms with Crippen LogP contribution >= 0.6 is 7.82 Å². The Kier molecular flexibility index (Phi) is 11.8. The minimum atomic E-state index is -4.64. The Labute approximate surface area is 168 Å². The zero-order valence-corrected chi connectivity index (χ0v) is 17.8. The quantitative estimate of drug-likeness (QED) is 0.331. The van der Waals surface area contributed by atoms with E-state index in [2.05, 4.69) is 62.4 Å². The smallest absolute Gasteiger partial charge is 0.457 e. The van der Waals surface area contributed by atoms with E-state index in [0.29, 0.717) is 0 Å². The topological polar surface area (TPSA) is 87.0 Å². The van der Waals surface area contributed by atoms with Crippen molar-refractivity contribution in [2.75, 3.05) is 0 Å². The van der Waals surface area contributed by atoms with Gasteiger partial charge in [-0.25, -0.2) is 4.57 Å². The highest BCUT2D eigenvalue weighted by Gasteiger charge is 2.08. The van der Waals surface area contributed by atoms with E-state index in [9.17, 15) is 0 Å². The van der Waals surface area contributed by atoms with Gasteiger partial charge in [-0.3, -0.25) is 0 Å². The molecule has 0 aromatic heterocycles. The molecule has 0 spiro atoms. The van der Waals surface area contributed by atoms with E-state index in [1.807, 2.05) is 0 Å². The number of phosphoric acid groups is 1. The van der Waals surface area contributed by atoms with Crippen LogP contribution in [-0.4, -0.2) is 14.7 Å². The molecule has 0 aliphatic rings. The van der Waals surface area contributed by atoms with Gasteiger partial charge in [-0.1, -0.05) is 75.9 Å². The van der Waals surface area contributed by atoms with Crippen LogP contribution in [0.4, 0.5) is 0 Å². The Morgan fingerprint density at radius 1 is 0.714 bits per heavy atom. The SMILES string of the molecule is CCCCCc1ccccc1Oc1ccccc1CCCCC.O=P(O)(O)O. The number of hydrogen-bond acceptors (Lipinski definition) is 2. The van der Waals surface area contributed by atoms with Crippen LogP contribution in [0.15, 0.2) is 48.5 Å². The lowest BCUT2D eigenvalue weighted by atomic mass is 10.1. The molecule has 28 heavy (non-hydrogen) atoms. The van der Waals surface area contributed by atoms with Gasteiger partial charge in [-0.05, 0) is 48.9 Å². The normalized spacial score (nSPS) is 10.9. The van der Waals surface area contributed by atoms with Crippen LogP contribution in [0.1, 0.15) is 63.5 Å². The molecule has 0 bridgehead atoms. The first-order chi connectivity index (χ1) is 13.3. The molecule has 0 unspecified atom stereocenters. The molecule has 2 aromatic carbocycles. The van der Waals surface area contributed by atoms with E-state index >= 15 is 0 Å². The number of hydrogen-bond donors (Lipinski definition) is 3. The van der Waals surface area contributed by atoms with Crippen LogP contribution in [0.5, 0.6) is 11.5 Å². The second-order valence-corrected chi connectivity index (χ2v) is 7.77. The summed E-state index contributed by atoms with van der Waals surface area (Å²) in [5, 5.41) is 0. The second-order valence-electron chi connectivity index (χ2n) is 6.74. The molecule has 2 rings (SSSR count). The highest BCUT2D eigenvalue weighted by molar-refractivity contribution is 7.45. The largest absolute Gasteiger partial charge is 0.466 e. The molecular formula is C22H33O5P. The van der Waals surface area contributed by atoms with Crippen molar-refractivity contribution in [3.63, 3.8) is 0 Å². The summed E-state index contributed by atoms with van der Waals surface area (Å²) in [4.78, 5) is 21.6. The van der Waals surface area contributed by atoms with E-state index in [1.165, 1.54) is 49.7 Å². The van der Waals surface area contributed by atoms with Gasteiger partial charge in [0, 0.05) is 0 Å². The molecule has 0 radical (unpaired) electrons. The second kappa shape index (κ2) is 13.5. The molecule has 0 heterocycles. The van der Waals surface area contributed by atoms with Gasteiger partial charge in [-0.2, -0.15) is 0 Å². The van der Waals surface area contributed by atoms with Crippen molar-refractivity contribution < 1.29 is 24.0 Å². The summed E-state index contributed by atoms with van der Waals surface area (Å²) in [6.07, 6.45) is 9.73. The summed E-state index contributed by atoms with van der Waals surface area (Å²) in [5.41, 5.74) is 2.65. The van der Waals surface area contributed by atoms with Gasteiger partial charge in [0.1, 0.15) is 11.5 Å². The molecule has 3 N–H and O–H groups in total. The predicted octanol–water partition coefficient (Wildman–Crippen LogP) is 6.02. The number of ether oxygens (including phenoxy) is 1. The summed E-state index contributed by atoms with van der Waals surface area (Å²) < 4.78 is 15.2. The van der Waals surface area contributed by atoms with Gasteiger partial charge in [0.15, 0.2) is 0 Å². The molecule has 0 aliphatic carbocycles. The Hall–Kier alpha value is -1.65. The molecule has 2 aromatic rings. The van der Waals surface area contributed by atoms with Crippen molar-refractivity contribution in [3.8, 4) is 11.5 Å². The van der Waals surface area contributed by atoms with Crippen LogP contribution in [0.25, 0.3) is 0 Å². The fourth-order valence-electron chi connectivity index (χ4n) is 2.87. The number of para-hydroxylation sites is 2. The Balaban J connectivity index is 0.000000696. The first-order valence-electron chi connectivity index (χ1n) is 9.97. The van der Waals surface area contributed by atoms with E-state index in [1.54, 1.807) is 0 Å². The zero-order chi connectivity index (χ0) is 20.8. The van der Waals surface area contributed by atoms with Gasteiger partial charge in [-0.15, -0.1) is 0 Å². The maximum absolute atomic E-state index is 8.88. The standard InChI is InChI=1S/C22H30O.H3O4P/c1-3-5-7-13-19-15-9-11-17-21(19)23-22-18-12-10-16-20(22)14-8-6-4-2;1-5(2,3)4/h9-12,15-18H,3-8,13-14H2,1-2H3;(H3,1,2,3,4). The first kappa shape index (κ1) is 24.4. The zero-order valence-electron chi connectivity index (χ0n) is 16.9. The maximum Gasteiger partial charge on any atom is 0.466 e. The number of rotatable bonds is 10. The number of benzene rings is 2. The lowest BCUT2D eigenvalue weighted by Crippen LogP contribution is -1.96. The first-order valence-corrected chi connectivity index (χ1v) is 11.5. The van der Waals surface area contributed by atoms with Crippen molar-refractivity contribution in [2.24, 2.45) is 0 Å². The van der Waals surface area contributed by atoms with Crippen molar-refractivity contribution in [3.05, 3.63) is 59.7 Å². The van der Waals surface area contributed by atoms with Crippen LogP contribution in [0.3, 0.4) is 0 Å². The average Bonchev–Trinajstić information content (AvgIpc) is 2.63. The molecule has 0 fully saturated rings. The lowest BCUT2D eigenvalue weighted by molar-refractivity contribution is 0.275. The molecule has 0 amide bonds. The van der Waals surface area contributed by atoms with Gasteiger partial charge < -0.3 is 19.4 Å². The summed E-state index contributed by atoms with van der Waals surface area (Å²) >= 11 is 0. The molecule has 0 saturated heterocycles. The average molecular weight is 408 g/mol. The number of unbranched alkanes of at least 4 members (excludes halogenated alkanes) is 4. The van der Waals surface area contributed by atoms with Crippen LogP contribution in [0.2, 0.25) is 0 Å². The summed E-state index contributed by atoms with van der Waals surface area (Å²) in [7, 11) is -4.64. The van der Waals surface area contributed by atoms with E-state index in [0.717, 1.165) is 24.3 Å². The lowest BCUT2D eigenvalue weighted by Gasteiger charge is -2.14. The monoisotopic (exact) mass is 408 g/mol. The Bertz CT molecular complexity index is 667. The fourth-order valence-corrected chi connectivity index (χ4v) is 2.87. The fraction of sp³-hybridized carbons (Fsp3) is 0.455. The predicted molar refractivity (Wildman–Crippen MR) is 114 cm³/mol. The maximum atomic E-state index is 8.88. The van der Waals surface area contributed by atoms with Crippen LogP contribution < -0.4 is 4.74 Å². The van der Waals surface area contributed by atoms with Gasteiger partial charge in [0.25, 0.3) is 0 Å². The minimum absolute atomic E-state index is 1.02. The highest BCUT2D eigenvalue weighted by atomic mass is 31.2. The van der Waals surface area contributed by atoms with Gasteiger partial charge >= 0.3 is 7.82 Å². The summed E-state index contributed by atoms with van der Waals surface area (Å²) in [6.45, 7) is 4.49. The minimum Gasteiger partial charge on any atom is -0.457 e. The summed E-state index contributed by atoms with van der Waals surface area (Å²) in [5.74, 6) is 2.04. The molecule has 156 valence electrons. The Morgan fingerprint density at radius 3 is 1.43 bits per heavy atom. The van der Waals surface area contributed by atoms with Gasteiger partial charge in [0.05, 0.1) is 0 Å². The van der Waals surface area contributed by atoms with Crippen molar-refractivity contribution >= 4 is 7.82 Å². The summed E-state index contributed by atoms with van der Waals surface area (Å²) in [6, 6.07) is 17.0. The van der Waals surface area contributed by atoms with Crippen LogP contribution in [-0.2, 0) is 17.4 Å². The van der Waals surface area contributed by atoms with Gasteiger partial charge in [0.2, 0.25) is 0 Å². The third kappa shape index (κ3) is 11.3. The van der Waals surface area contributed by atoms with Crippen molar-refractivity contribution in [1.29, 1.82) is 0 Å². The van der Waals surface area contributed by atoms with E-state index < -0.39 is 7.82 Å². The van der Waals surface area contributed by atoms with E-state index in [-0.39, 0.29) is 0 Å². The Morgan fingerprint density at radius 2 is 1.07 bits per heavy atom. The highest BCUT2D eigenvalue weighted by Crippen LogP contribution is 2.30. The molecule has 0 saturated carbocycles. The van der Waals surface area contributed by atoms with Crippen molar-refractivity contribution in [1.82, 2.24) is 0 Å². The third-order valence-corrected chi connectivity index (χ3v) is 4.26. The van der Waals surface area contributed by atoms with Crippen LogP contribution in [0, 0.1) is 0 Å².